The Hall–Kier alpha value is -1.18. The number of hydrogen-bond donors (Lipinski definition) is 0. The monoisotopic (exact) mass is 196 g/mol. The van der Waals surface area contributed by atoms with Crippen molar-refractivity contribution >= 4 is 0 Å². The van der Waals surface area contributed by atoms with Crippen molar-refractivity contribution in [2.75, 3.05) is 0 Å². The van der Waals surface area contributed by atoms with Gasteiger partial charge in [-0.1, -0.05) is 26.2 Å². The van der Waals surface area contributed by atoms with Gasteiger partial charge in [-0.25, -0.2) is 8.78 Å². The molecule has 0 nitrogen and oxygen atoms in total. The second kappa shape index (κ2) is 4.36. The van der Waals surface area contributed by atoms with Gasteiger partial charge in [0.25, 0.3) is 0 Å². The molecule has 1 aliphatic rings. The molecule has 1 rings (SSSR count). The van der Waals surface area contributed by atoms with Gasteiger partial charge in [-0.2, -0.15) is 0 Å². The van der Waals surface area contributed by atoms with Crippen molar-refractivity contribution < 1.29 is 8.78 Å². The Morgan fingerprint density at radius 3 is 2.64 bits per heavy atom. The van der Waals surface area contributed by atoms with Crippen molar-refractivity contribution in [3.63, 3.8) is 0 Å². The fourth-order valence-corrected chi connectivity index (χ4v) is 1.52. The van der Waals surface area contributed by atoms with Crippen molar-refractivity contribution in [1.29, 1.82) is 0 Å². The topological polar surface area (TPSA) is 0 Å². The zero-order chi connectivity index (χ0) is 10.7. The fraction of sp³-hybridized carbons (Fsp3) is 0.333. The molecule has 0 aromatic carbocycles. The molecule has 0 amide bonds. The van der Waals surface area contributed by atoms with Crippen LogP contribution in [0.25, 0.3) is 0 Å². The summed E-state index contributed by atoms with van der Waals surface area (Å²) >= 11 is 0. The smallest absolute Gasteiger partial charge is 0.165 e. The molecule has 0 spiro atoms. The van der Waals surface area contributed by atoms with Crippen LogP contribution in [0.2, 0.25) is 0 Å². The molecule has 1 unspecified atom stereocenters. The fourth-order valence-electron chi connectivity index (χ4n) is 1.52. The minimum Gasteiger partial charge on any atom is -0.204 e. The first-order chi connectivity index (χ1) is 6.56. The van der Waals surface area contributed by atoms with E-state index in [4.69, 9.17) is 0 Å². The SMILES string of the molecule is C=C/C(F)=C(/F)C(=C)C1=CC(C)CC1. The number of halogens is 2. The maximum absolute atomic E-state index is 13.3. The molecule has 0 fully saturated rings. The third-order valence-electron chi connectivity index (χ3n) is 2.40. The van der Waals surface area contributed by atoms with Gasteiger partial charge in [0.1, 0.15) is 0 Å². The van der Waals surface area contributed by atoms with Crippen LogP contribution in [0.4, 0.5) is 8.78 Å². The van der Waals surface area contributed by atoms with Gasteiger partial charge in [0, 0.05) is 5.57 Å². The Bertz CT molecular complexity index is 321. The van der Waals surface area contributed by atoms with Gasteiger partial charge < -0.3 is 0 Å². The van der Waals surface area contributed by atoms with Crippen LogP contribution >= 0.6 is 0 Å². The highest BCUT2D eigenvalue weighted by molar-refractivity contribution is 5.45. The largest absolute Gasteiger partial charge is 0.204 e. The molecule has 0 N–H and O–H groups in total. The van der Waals surface area contributed by atoms with E-state index in [0.29, 0.717) is 5.92 Å². The summed E-state index contributed by atoms with van der Waals surface area (Å²) < 4.78 is 26.1. The molecule has 76 valence electrons. The van der Waals surface area contributed by atoms with Crippen molar-refractivity contribution in [2.24, 2.45) is 5.92 Å². The standard InChI is InChI=1S/C12H14F2/c1-4-11(13)12(14)9(3)10-6-5-8(2)7-10/h4,7-8H,1,3,5-6H2,2H3/b12-11-. The minimum absolute atomic E-state index is 0.159. The van der Waals surface area contributed by atoms with E-state index < -0.39 is 11.7 Å². The molecular weight excluding hydrogens is 182 g/mol. The lowest BCUT2D eigenvalue weighted by Crippen LogP contribution is -1.88. The Kier molecular flexibility index (Phi) is 3.39. The third kappa shape index (κ3) is 2.19. The lowest BCUT2D eigenvalue weighted by atomic mass is 10.1. The zero-order valence-corrected chi connectivity index (χ0v) is 8.32. The summed E-state index contributed by atoms with van der Waals surface area (Å²) in [6.45, 7) is 8.77. The van der Waals surface area contributed by atoms with Crippen LogP contribution in [0.3, 0.4) is 0 Å². The summed E-state index contributed by atoms with van der Waals surface area (Å²) in [6, 6.07) is 0. The van der Waals surface area contributed by atoms with Crippen molar-refractivity contribution in [3.05, 3.63) is 48.1 Å². The molecule has 0 radical (unpaired) electrons. The molecule has 0 aromatic heterocycles. The van der Waals surface area contributed by atoms with Gasteiger partial charge in [-0.15, -0.1) is 0 Å². The second-order valence-corrected chi connectivity index (χ2v) is 3.55. The van der Waals surface area contributed by atoms with Gasteiger partial charge in [0.05, 0.1) is 0 Å². The lowest BCUT2D eigenvalue weighted by Gasteiger charge is -2.03. The van der Waals surface area contributed by atoms with Crippen LogP contribution in [-0.2, 0) is 0 Å². The third-order valence-corrected chi connectivity index (χ3v) is 2.40. The van der Waals surface area contributed by atoms with Crippen molar-refractivity contribution in [3.8, 4) is 0 Å². The summed E-state index contributed by atoms with van der Waals surface area (Å²) in [5, 5.41) is 0. The first kappa shape index (κ1) is 10.9. The van der Waals surface area contributed by atoms with E-state index in [1.807, 2.05) is 13.0 Å². The predicted molar refractivity (Wildman–Crippen MR) is 55.1 cm³/mol. The van der Waals surface area contributed by atoms with Crippen LogP contribution in [0.15, 0.2) is 48.1 Å². The normalized spacial score (nSPS) is 22.8. The van der Waals surface area contributed by atoms with Crippen LogP contribution in [0, 0.1) is 5.92 Å². The second-order valence-electron chi connectivity index (χ2n) is 3.55. The van der Waals surface area contributed by atoms with Gasteiger partial charge in [0.2, 0.25) is 0 Å². The van der Waals surface area contributed by atoms with Gasteiger partial charge >= 0.3 is 0 Å². The Morgan fingerprint density at radius 2 is 2.21 bits per heavy atom. The van der Waals surface area contributed by atoms with E-state index in [2.05, 4.69) is 13.2 Å². The van der Waals surface area contributed by atoms with E-state index in [0.717, 1.165) is 24.5 Å². The zero-order valence-electron chi connectivity index (χ0n) is 8.32. The van der Waals surface area contributed by atoms with Crippen molar-refractivity contribution in [2.45, 2.75) is 19.8 Å². The van der Waals surface area contributed by atoms with E-state index in [9.17, 15) is 8.78 Å². The molecule has 0 heterocycles. The van der Waals surface area contributed by atoms with Crippen molar-refractivity contribution in [1.82, 2.24) is 0 Å². The van der Waals surface area contributed by atoms with Gasteiger partial charge in [0.15, 0.2) is 11.7 Å². The van der Waals surface area contributed by atoms with E-state index in [-0.39, 0.29) is 5.57 Å². The molecule has 0 aliphatic heterocycles. The molecule has 0 saturated carbocycles. The molecule has 1 aliphatic carbocycles. The summed E-state index contributed by atoms with van der Waals surface area (Å²) in [4.78, 5) is 0. The number of allylic oxidation sites excluding steroid dienone is 6. The molecule has 14 heavy (non-hydrogen) atoms. The van der Waals surface area contributed by atoms with Crippen LogP contribution in [0.1, 0.15) is 19.8 Å². The summed E-state index contributed by atoms with van der Waals surface area (Å²) in [7, 11) is 0. The highest BCUT2D eigenvalue weighted by atomic mass is 19.2. The summed E-state index contributed by atoms with van der Waals surface area (Å²) in [6.07, 6.45) is 4.56. The van der Waals surface area contributed by atoms with Crippen LogP contribution in [0.5, 0.6) is 0 Å². The molecule has 0 bridgehead atoms. The quantitative estimate of drug-likeness (QED) is 0.592. The van der Waals surface area contributed by atoms with Gasteiger partial charge in [-0.3, -0.25) is 0 Å². The Balaban J connectivity index is 2.86. The first-order valence-corrected chi connectivity index (χ1v) is 4.64. The highest BCUT2D eigenvalue weighted by Crippen LogP contribution is 2.33. The van der Waals surface area contributed by atoms with E-state index in [1.165, 1.54) is 0 Å². The maximum atomic E-state index is 13.3. The molecule has 0 saturated heterocycles. The lowest BCUT2D eigenvalue weighted by molar-refractivity contribution is 0.565. The van der Waals surface area contributed by atoms with Gasteiger partial charge in [-0.05, 0) is 30.4 Å². The number of rotatable bonds is 3. The Morgan fingerprint density at radius 1 is 1.57 bits per heavy atom. The molecule has 0 aromatic rings. The first-order valence-electron chi connectivity index (χ1n) is 4.64. The number of hydrogen-bond acceptors (Lipinski definition) is 0. The highest BCUT2D eigenvalue weighted by Gasteiger charge is 2.18. The molecule has 2 heteroatoms. The van der Waals surface area contributed by atoms with E-state index in [1.54, 1.807) is 0 Å². The van der Waals surface area contributed by atoms with Crippen LogP contribution in [-0.4, -0.2) is 0 Å². The maximum Gasteiger partial charge on any atom is 0.165 e. The average Bonchev–Trinajstić information content (AvgIpc) is 2.61. The van der Waals surface area contributed by atoms with Crippen LogP contribution < -0.4 is 0 Å². The Labute approximate surface area is 83.3 Å². The molecule has 1 atom stereocenters. The average molecular weight is 196 g/mol. The molecular formula is C12H14F2. The van der Waals surface area contributed by atoms with E-state index >= 15 is 0 Å². The summed E-state index contributed by atoms with van der Waals surface area (Å²) in [5.41, 5.74) is 0.971. The summed E-state index contributed by atoms with van der Waals surface area (Å²) in [5.74, 6) is -1.39. The minimum atomic E-state index is -0.935. The predicted octanol–water partition coefficient (Wildman–Crippen LogP) is 4.24.